The molecular formula is C10H24O5S. The van der Waals surface area contributed by atoms with E-state index in [9.17, 15) is 8.42 Å². The minimum Gasteiger partial charge on any atom is -0.356 e. The summed E-state index contributed by atoms with van der Waals surface area (Å²) >= 11 is 0. The van der Waals surface area contributed by atoms with Gasteiger partial charge in [0.25, 0.3) is 10.1 Å². The van der Waals surface area contributed by atoms with Crippen LogP contribution < -0.4 is 0 Å². The molecule has 3 unspecified atom stereocenters. The Bertz CT molecular complexity index is 275. The van der Waals surface area contributed by atoms with E-state index in [0.29, 0.717) is 0 Å². The average Bonchev–Trinajstić information content (AvgIpc) is 2.06. The average molecular weight is 256 g/mol. The standard InChI is InChI=1S/C8H16O5S.2CH4/c1-6-3-4-8(12-2)13-7(6)5-14(9,10)11;;/h6-8H,3-5H2,1-2H3,(H,9,10,11);2*1H4. The van der Waals surface area contributed by atoms with Gasteiger partial charge in [-0.1, -0.05) is 21.8 Å². The fraction of sp³-hybridized carbons (Fsp3) is 1.00. The van der Waals surface area contributed by atoms with E-state index >= 15 is 0 Å². The second-order valence-corrected chi connectivity index (χ2v) is 5.14. The lowest BCUT2D eigenvalue weighted by Gasteiger charge is -2.33. The summed E-state index contributed by atoms with van der Waals surface area (Å²) in [5.41, 5.74) is 0. The molecule has 5 nitrogen and oxygen atoms in total. The van der Waals surface area contributed by atoms with Crippen LogP contribution in [-0.4, -0.2) is 38.2 Å². The number of ether oxygens (including phenoxy) is 2. The van der Waals surface area contributed by atoms with Gasteiger partial charge in [-0.05, 0) is 18.8 Å². The summed E-state index contributed by atoms with van der Waals surface area (Å²) < 4.78 is 40.4. The first-order chi connectivity index (χ1) is 6.42. The SMILES string of the molecule is C.C.COC1CCC(C)C(CS(=O)(=O)O)O1. The molecule has 0 saturated carbocycles. The summed E-state index contributed by atoms with van der Waals surface area (Å²) in [7, 11) is -2.45. The molecule has 1 aliphatic heterocycles. The minimum atomic E-state index is -3.97. The molecule has 0 bridgehead atoms. The molecule has 0 amide bonds. The fourth-order valence-electron chi connectivity index (χ4n) is 1.57. The smallest absolute Gasteiger partial charge is 0.267 e. The van der Waals surface area contributed by atoms with E-state index in [4.69, 9.17) is 14.0 Å². The van der Waals surface area contributed by atoms with Crippen molar-refractivity contribution in [2.45, 2.75) is 47.0 Å². The Labute approximate surface area is 98.9 Å². The minimum absolute atomic E-state index is 0. The number of methoxy groups -OCH3 is 1. The van der Waals surface area contributed by atoms with Crippen molar-refractivity contribution in [3.63, 3.8) is 0 Å². The summed E-state index contributed by atoms with van der Waals surface area (Å²) in [6, 6.07) is 0. The Morgan fingerprint density at radius 1 is 1.38 bits per heavy atom. The molecule has 1 fully saturated rings. The summed E-state index contributed by atoms with van der Waals surface area (Å²) in [4.78, 5) is 0. The van der Waals surface area contributed by atoms with Crippen LogP contribution in [0, 0.1) is 5.92 Å². The second-order valence-electron chi connectivity index (χ2n) is 3.64. The molecule has 1 rings (SSSR count). The Morgan fingerprint density at radius 2 is 1.94 bits per heavy atom. The zero-order valence-corrected chi connectivity index (χ0v) is 9.16. The van der Waals surface area contributed by atoms with Crippen LogP contribution in [-0.2, 0) is 19.6 Å². The predicted molar refractivity (Wildman–Crippen MR) is 63.9 cm³/mol. The van der Waals surface area contributed by atoms with Crippen molar-refractivity contribution < 1.29 is 22.4 Å². The maximum absolute atomic E-state index is 10.7. The summed E-state index contributed by atoms with van der Waals surface area (Å²) in [5.74, 6) is -0.225. The molecular weight excluding hydrogens is 232 g/mol. The van der Waals surface area contributed by atoms with E-state index in [1.165, 1.54) is 7.11 Å². The lowest BCUT2D eigenvalue weighted by molar-refractivity contribution is -0.188. The van der Waals surface area contributed by atoms with Gasteiger partial charge in [0.1, 0.15) is 5.75 Å². The van der Waals surface area contributed by atoms with Crippen molar-refractivity contribution in [2.75, 3.05) is 12.9 Å². The molecule has 100 valence electrons. The molecule has 1 aliphatic rings. The van der Waals surface area contributed by atoms with Gasteiger partial charge in [-0.3, -0.25) is 4.55 Å². The van der Waals surface area contributed by atoms with E-state index in [0.717, 1.165) is 12.8 Å². The van der Waals surface area contributed by atoms with Gasteiger partial charge >= 0.3 is 0 Å². The van der Waals surface area contributed by atoms with Gasteiger partial charge in [0.05, 0.1) is 6.10 Å². The lowest BCUT2D eigenvalue weighted by atomic mass is 9.97. The van der Waals surface area contributed by atoms with Crippen molar-refractivity contribution in [2.24, 2.45) is 5.92 Å². The zero-order chi connectivity index (χ0) is 10.8. The molecule has 0 aromatic rings. The quantitative estimate of drug-likeness (QED) is 0.781. The highest BCUT2D eigenvalue weighted by Crippen LogP contribution is 2.25. The normalized spacial score (nSPS) is 30.1. The van der Waals surface area contributed by atoms with Gasteiger partial charge in [0.15, 0.2) is 6.29 Å². The summed E-state index contributed by atoms with van der Waals surface area (Å²) in [5, 5.41) is 0. The third-order valence-corrected chi connectivity index (χ3v) is 3.21. The third kappa shape index (κ3) is 5.79. The van der Waals surface area contributed by atoms with Crippen molar-refractivity contribution in [1.82, 2.24) is 0 Å². The highest BCUT2D eigenvalue weighted by molar-refractivity contribution is 7.85. The third-order valence-electron chi connectivity index (χ3n) is 2.46. The van der Waals surface area contributed by atoms with E-state index in [2.05, 4.69) is 0 Å². The first kappa shape index (κ1) is 18.2. The summed E-state index contributed by atoms with van der Waals surface area (Å²) in [6.07, 6.45) is 0.792. The Balaban J connectivity index is 0. The molecule has 3 atom stereocenters. The zero-order valence-electron chi connectivity index (χ0n) is 8.34. The Hall–Kier alpha value is -0.170. The van der Waals surface area contributed by atoms with E-state index in [-0.39, 0.29) is 32.8 Å². The molecule has 0 aromatic heterocycles. The predicted octanol–water partition coefficient (Wildman–Crippen LogP) is 1.93. The number of hydrogen-bond donors (Lipinski definition) is 1. The molecule has 0 aliphatic carbocycles. The van der Waals surface area contributed by atoms with E-state index in [1.54, 1.807) is 0 Å². The lowest BCUT2D eigenvalue weighted by Crippen LogP contribution is -2.39. The molecule has 0 spiro atoms. The highest BCUT2D eigenvalue weighted by Gasteiger charge is 2.31. The van der Waals surface area contributed by atoms with Crippen LogP contribution in [0.5, 0.6) is 0 Å². The van der Waals surface area contributed by atoms with E-state index < -0.39 is 16.2 Å². The maximum Gasteiger partial charge on any atom is 0.267 e. The fourth-order valence-corrected chi connectivity index (χ4v) is 2.39. The molecule has 16 heavy (non-hydrogen) atoms. The first-order valence-electron chi connectivity index (χ1n) is 4.56. The van der Waals surface area contributed by atoms with Crippen molar-refractivity contribution in [3.8, 4) is 0 Å². The van der Waals surface area contributed by atoms with Crippen LogP contribution in [0.25, 0.3) is 0 Å². The van der Waals surface area contributed by atoms with Crippen molar-refractivity contribution >= 4 is 10.1 Å². The van der Waals surface area contributed by atoms with Crippen LogP contribution >= 0.6 is 0 Å². The summed E-state index contributed by atoms with van der Waals surface area (Å²) in [6.45, 7) is 1.90. The van der Waals surface area contributed by atoms with Gasteiger partial charge in [-0.15, -0.1) is 0 Å². The molecule has 1 N–H and O–H groups in total. The molecule has 1 saturated heterocycles. The number of rotatable bonds is 3. The van der Waals surface area contributed by atoms with E-state index in [1.807, 2.05) is 6.92 Å². The maximum atomic E-state index is 10.7. The van der Waals surface area contributed by atoms with Gasteiger partial charge in [0, 0.05) is 7.11 Å². The first-order valence-corrected chi connectivity index (χ1v) is 6.16. The largest absolute Gasteiger partial charge is 0.356 e. The van der Waals surface area contributed by atoms with Crippen molar-refractivity contribution in [3.05, 3.63) is 0 Å². The van der Waals surface area contributed by atoms with Gasteiger partial charge in [-0.25, -0.2) is 0 Å². The van der Waals surface area contributed by atoms with Crippen LogP contribution in [0.3, 0.4) is 0 Å². The Kier molecular flexibility index (Phi) is 8.21. The van der Waals surface area contributed by atoms with Crippen LogP contribution in [0.1, 0.15) is 34.6 Å². The van der Waals surface area contributed by atoms with Crippen LogP contribution in [0.4, 0.5) is 0 Å². The monoisotopic (exact) mass is 256 g/mol. The van der Waals surface area contributed by atoms with Crippen molar-refractivity contribution in [1.29, 1.82) is 0 Å². The second kappa shape index (κ2) is 7.21. The van der Waals surface area contributed by atoms with Crippen LogP contribution in [0.2, 0.25) is 0 Å². The molecule has 0 radical (unpaired) electrons. The van der Waals surface area contributed by atoms with Gasteiger partial charge < -0.3 is 9.47 Å². The topological polar surface area (TPSA) is 72.8 Å². The van der Waals surface area contributed by atoms with Gasteiger partial charge in [-0.2, -0.15) is 8.42 Å². The molecule has 1 heterocycles. The van der Waals surface area contributed by atoms with Crippen LogP contribution in [0.15, 0.2) is 0 Å². The molecule has 0 aromatic carbocycles. The number of hydrogen-bond acceptors (Lipinski definition) is 4. The van der Waals surface area contributed by atoms with Gasteiger partial charge in [0.2, 0.25) is 0 Å². The molecule has 6 heteroatoms. The highest BCUT2D eigenvalue weighted by atomic mass is 32.2. The Morgan fingerprint density at radius 3 is 2.38 bits per heavy atom.